The molecule has 0 saturated carbocycles. The van der Waals surface area contributed by atoms with Gasteiger partial charge in [0.25, 0.3) is 0 Å². The van der Waals surface area contributed by atoms with Crippen molar-refractivity contribution in [3.05, 3.63) is 28.2 Å². The Balaban J connectivity index is 2.28. The topological polar surface area (TPSA) is 58.1 Å². The van der Waals surface area contributed by atoms with Crippen LogP contribution in [-0.4, -0.2) is 41.4 Å². The quantitative estimate of drug-likeness (QED) is 0.918. The zero-order valence-corrected chi connectivity index (χ0v) is 13.8. The second kappa shape index (κ2) is 6.98. The maximum atomic E-state index is 11.8. The van der Waals surface area contributed by atoms with Crippen molar-refractivity contribution >= 4 is 34.0 Å². The second-order valence-electron chi connectivity index (χ2n) is 4.76. The molecule has 0 bridgehead atoms. The Labute approximate surface area is 133 Å². The lowest BCUT2D eigenvalue weighted by Crippen LogP contribution is -2.26. The molecule has 0 atom stereocenters. The predicted octanol–water partition coefficient (Wildman–Crippen LogP) is 2.92. The van der Waals surface area contributed by atoms with E-state index in [2.05, 4.69) is 15.3 Å². The number of thiazole rings is 1. The van der Waals surface area contributed by atoms with Gasteiger partial charge in [-0.3, -0.25) is 9.78 Å². The summed E-state index contributed by atoms with van der Waals surface area (Å²) in [5.74, 6) is -0.0879. The first kappa shape index (κ1) is 15.9. The highest BCUT2D eigenvalue weighted by Gasteiger charge is 2.16. The largest absolute Gasteiger partial charge is 0.301 e. The number of carbonyl (C=O) groups excluding carboxylic acids is 1. The van der Waals surface area contributed by atoms with Gasteiger partial charge in [0.1, 0.15) is 11.4 Å². The highest BCUT2D eigenvalue weighted by atomic mass is 35.5. The third kappa shape index (κ3) is 4.00. The molecule has 0 spiro atoms. The minimum absolute atomic E-state index is 0.0879. The van der Waals surface area contributed by atoms with Crippen LogP contribution in [0.15, 0.2) is 18.3 Å². The van der Waals surface area contributed by atoms with Crippen molar-refractivity contribution in [3.63, 3.8) is 0 Å². The van der Waals surface area contributed by atoms with Gasteiger partial charge in [0.05, 0.1) is 11.6 Å². The Kier molecular flexibility index (Phi) is 5.27. The molecule has 2 heterocycles. The van der Waals surface area contributed by atoms with E-state index in [9.17, 15) is 4.79 Å². The lowest BCUT2D eigenvalue weighted by Gasteiger charge is -2.07. The van der Waals surface area contributed by atoms with Crippen LogP contribution in [0.5, 0.6) is 0 Å². The molecule has 0 unspecified atom stereocenters. The first-order chi connectivity index (χ1) is 10.0. The van der Waals surface area contributed by atoms with Crippen LogP contribution in [0, 0.1) is 0 Å². The van der Waals surface area contributed by atoms with E-state index in [0.29, 0.717) is 22.4 Å². The zero-order chi connectivity index (χ0) is 15.4. The number of rotatable bonds is 5. The monoisotopic (exact) mass is 324 g/mol. The van der Waals surface area contributed by atoms with E-state index >= 15 is 0 Å². The maximum Gasteiger partial charge on any atom is 0.240 e. The van der Waals surface area contributed by atoms with E-state index in [-0.39, 0.29) is 5.91 Å². The normalized spacial score (nSPS) is 10.9. The van der Waals surface area contributed by atoms with Gasteiger partial charge in [0, 0.05) is 11.1 Å². The van der Waals surface area contributed by atoms with Gasteiger partial charge in [-0.05, 0) is 32.6 Å². The molecule has 0 aliphatic heterocycles. The molecule has 0 radical (unpaired) electrons. The molecule has 5 nitrogen and oxygen atoms in total. The molecule has 1 N–H and O–H groups in total. The van der Waals surface area contributed by atoms with Crippen LogP contribution in [0.1, 0.15) is 11.8 Å². The van der Waals surface area contributed by atoms with Crippen LogP contribution in [0.25, 0.3) is 11.4 Å². The highest BCUT2D eigenvalue weighted by Crippen LogP contribution is 2.33. The fraction of sp³-hybridized carbons (Fsp3) is 0.357. The van der Waals surface area contributed by atoms with E-state index in [1.165, 1.54) is 11.3 Å². The fourth-order valence-corrected chi connectivity index (χ4v) is 2.97. The van der Waals surface area contributed by atoms with Crippen molar-refractivity contribution in [2.45, 2.75) is 13.3 Å². The van der Waals surface area contributed by atoms with Crippen LogP contribution in [0.4, 0.5) is 5.13 Å². The molecule has 112 valence electrons. The van der Waals surface area contributed by atoms with Gasteiger partial charge in [-0.25, -0.2) is 4.98 Å². The summed E-state index contributed by atoms with van der Waals surface area (Å²) < 4.78 is 0. The Morgan fingerprint density at radius 2 is 2.19 bits per heavy atom. The third-order valence-electron chi connectivity index (χ3n) is 2.71. The standard InChI is InChI=1S/C14H17ClN4OS/c1-4-10-13(12-9(15)6-5-7-16-12)18-14(21-10)17-11(20)8-19(2)3/h5-7H,4,8H2,1-3H3,(H,17,18,20). The summed E-state index contributed by atoms with van der Waals surface area (Å²) in [5.41, 5.74) is 1.40. The number of hydrogen-bond acceptors (Lipinski definition) is 5. The number of aryl methyl sites for hydroxylation is 1. The number of halogens is 1. The number of carbonyl (C=O) groups is 1. The number of nitrogens with one attached hydrogen (secondary N) is 1. The number of nitrogens with zero attached hydrogens (tertiary/aromatic N) is 3. The van der Waals surface area contributed by atoms with Crippen molar-refractivity contribution in [3.8, 4) is 11.4 Å². The fourth-order valence-electron chi connectivity index (χ4n) is 1.84. The van der Waals surface area contributed by atoms with Crippen LogP contribution in [0.3, 0.4) is 0 Å². The van der Waals surface area contributed by atoms with E-state index < -0.39 is 0 Å². The Morgan fingerprint density at radius 3 is 2.81 bits per heavy atom. The maximum absolute atomic E-state index is 11.8. The molecular weight excluding hydrogens is 308 g/mol. The van der Waals surface area contributed by atoms with Crippen molar-refractivity contribution in [2.24, 2.45) is 0 Å². The lowest BCUT2D eigenvalue weighted by molar-refractivity contribution is -0.116. The summed E-state index contributed by atoms with van der Waals surface area (Å²) in [6, 6.07) is 3.57. The summed E-state index contributed by atoms with van der Waals surface area (Å²) in [4.78, 5) is 23.4. The molecule has 0 aliphatic rings. The average Bonchev–Trinajstić information content (AvgIpc) is 2.80. The minimum atomic E-state index is -0.0879. The number of amides is 1. The summed E-state index contributed by atoms with van der Waals surface area (Å²) in [6.07, 6.45) is 2.49. The Bertz CT molecular complexity index is 642. The van der Waals surface area contributed by atoms with Crippen molar-refractivity contribution in [1.82, 2.24) is 14.9 Å². The van der Waals surface area contributed by atoms with Gasteiger partial charge in [-0.15, -0.1) is 11.3 Å². The zero-order valence-electron chi connectivity index (χ0n) is 12.2. The van der Waals surface area contributed by atoms with Gasteiger partial charge in [-0.1, -0.05) is 18.5 Å². The van der Waals surface area contributed by atoms with Gasteiger partial charge in [-0.2, -0.15) is 0 Å². The molecule has 21 heavy (non-hydrogen) atoms. The number of hydrogen-bond donors (Lipinski definition) is 1. The summed E-state index contributed by atoms with van der Waals surface area (Å²) in [6.45, 7) is 2.36. The summed E-state index contributed by atoms with van der Waals surface area (Å²) in [7, 11) is 3.69. The smallest absolute Gasteiger partial charge is 0.240 e. The predicted molar refractivity (Wildman–Crippen MR) is 86.9 cm³/mol. The van der Waals surface area contributed by atoms with Crippen molar-refractivity contribution in [2.75, 3.05) is 26.0 Å². The van der Waals surface area contributed by atoms with Crippen LogP contribution in [0.2, 0.25) is 5.02 Å². The average molecular weight is 325 g/mol. The van der Waals surface area contributed by atoms with E-state index in [0.717, 1.165) is 17.0 Å². The molecule has 0 aromatic carbocycles. The number of pyridine rings is 1. The van der Waals surface area contributed by atoms with E-state index in [1.54, 1.807) is 23.2 Å². The highest BCUT2D eigenvalue weighted by molar-refractivity contribution is 7.16. The third-order valence-corrected chi connectivity index (χ3v) is 4.13. The molecule has 0 saturated heterocycles. The summed E-state index contributed by atoms with van der Waals surface area (Å²) >= 11 is 7.64. The molecule has 2 rings (SSSR count). The van der Waals surface area contributed by atoms with Gasteiger partial charge < -0.3 is 10.2 Å². The molecule has 2 aromatic rings. The Hall–Kier alpha value is -1.50. The second-order valence-corrected chi connectivity index (χ2v) is 6.25. The first-order valence-electron chi connectivity index (χ1n) is 6.56. The van der Waals surface area contributed by atoms with Crippen LogP contribution >= 0.6 is 22.9 Å². The first-order valence-corrected chi connectivity index (χ1v) is 7.76. The number of anilines is 1. The van der Waals surface area contributed by atoms with Crippen LogP contribution in [-0.2, 0) is 11.2 Å². The number of likely N-dealkylation sites (N-methyl/N-ethyl adjacent to an activating group) is 1. The van der Waals surface area contributed by atoms with Crippen molar-refractivity contribution < 1.29 is 4.79 Å². The SMILES string of the molecule is CCc1sc(NC(=O)CN(C)C)nc1-c1ncccc1Cl. The van der Waals surface area contributed by atoms with Gasteiger partial charge >= 0.3 is 0 Å². The minimum Gasteiger partial charge on any atom is -0.301 e. The Morgan fingerprint density at radius 1 is 1.43 bits per heavy atom. The molecule has 2 aromatic heterocycles. The van der Waals surface area contributed by atoms with Gasteiger partial charge in [0.2, 0.25) is 5.91 Å². The molecule has 0 aliphatic carbocycles. The molecule has 1 amide bonds. The summed E-state index contributed by atoms with van der Waals surface area (Å²) in [5, 5.41) is 3.95. The lowest BCUT2D eigenvalue weighted by atomic mass is 10.2. The van der Waals surface area contributed by atoms with Crippen LogP contribution < -0.4 is 5.32 Å². The molecule has 0 fully saturated rings. The van der Waals surface area contributed by atoms with Gasteiger partial charge in [0.15, 0.2) is 5.13 Å². The van der Waals surface area contributed by atoms with E-state index in [4.69, 9.17) is 11.6 Å². The van der Waals surface area contributed by atoms with Crippen molar-refractivity contribution in [1.29, 1.82) is 0 Å². The molecule has 7 heteroatoms. The number of aromatic nitrogens is 2. The van der Waals surface area contributed by atoms with E-state index in [1.807, 2.05) is 21.0 Å². The molecular formula is C14H17ClN4OS.